The Labute approximate surface area is 120 Å². The molecule has 0 aliphatic carbocycles. The van der Waals surface area contributed by atoms with Gasteiger partial charge < -0.3 is 4.57 Å². The number of aromatic nitrogens is 1. The fourth-order valence-corrected chi connectivity index (χ4v) is 2.56. The molecule has 0 amide bonds. The zero-order valence-electron chi connectivity index (χ0n) is 10.5. The molecule has 0 unspecified atom stereocenters. The Morgan fingerprint density at radius 1 is 1.20 bits per heavy atom. The van der Waals surface area contributed by atoms with Crippen LogP contribution in [0.1, 0.15) is 15.9 Å². The first-order valence-corrected chi connectivity index (χ1v) is 6.54. The van der Waals surface area contributed by atoms with Gasteiger partial charge in [0.25, 0.3) is 0 Å². The molecule has 1 heterocycles. The van der Waals surface area contributed by atoms with E-state index in [9.17, 15) is 9.18 Å². The third-order valence-electron chi connectivity index (χ3n) is 3.30. The minimum absolute atomic E-state index is 0.306. The number of benzene rings is 2. The van der Waals surface area contributed by atoms with Crippen molar-refractivity contribution in [2.24, 2.45) is 0 Å². The summed E-state index contributed by atoms with van der Waals surface area (Å²) in [6.07, 6.45) is 2.66. The van der Waals surface area contributed by atoms with Gasteiger partial charge in [-0.05, 0) is 30.3 Å². The zero-order valence-corrected chi connectivity index (χ0v) is 11.3. The van der Waals surface area contributed by atoms with Gasteiger partial charge >= 0.3 is 0 Å². The number of hydrogen-bond acceptors (Lipinski definition) is 1. The van der Waals surface area contributed by atoms with Gasteiger partial charge in [0.1, 0.15) is 5.82 Å². The van der Waals surface area contributed by atoms with E-state index in [1.54, 1.807) is 12.1 Å². The van der Waals surface area contributed by atoms with Crippen LogP contribution in [0.15, 0.2) is 48.7 Å². The van der Waals surface area contributed by atoms with Gasteiger partial charge in [-0.2, -0.15) is 0 Å². The van der Waals surface area contributed by atoms with Crippen LogP contribution in [0, 0.1) is 5.82 Å². The van der Waals surface area contributed by atoms with Crippen molar-refractivity contribution in [2.75, 3.05) is 0 Å². The predicted octanol–water partition coefficient (Wildman–Crippen LogP) is 4.29. The lowest BCUT2D eigenvalue weighted by molar-refractivity contribution is 0.112. The molecule has 2 aromatic carbocycles. The van der Waals surface area contributed by atoms with Crippen LogP contribution in [0.5, 0.6) is 0 Å². The van der Waals surface area contributed by atoms with E-state index in [4.69, 9.17) is 11.6 Å². The molecule has 3 aromatic rings. The molecule has 0 fully saturated rings. The molecule has 2 nitrogen and oxygen atoms in total. The highest BCUT2D eigenvalue weighted by Gasteiger charge is 2.09. The van der Waals surface area contributed by atoms with Crippen molar-refractivity contribution in [3.8, 4) is 0 Å². The first kappa shape index (κ1) is 12.9. The van der Waals surface area contributed by atoms with Gasteiger partial charge in [-0.1, -0.05) is 23.7 Å². The number of carbonyl (C=O) groups excluding carboxylic acids is 1. The lowest BCUT2D eigenvalue weighted by Gasteiger charge is -2.08. The Hall–Kier alpha value is -2.13. The van der Waals surface area contributed by atoms with Gasteiger partial charge in [0.2, 0.25) is 0 Å². The van der Waals surface area contributed by atoms with Crippen LogP contribution in [0.4, 0.5) is 4.39 Å². The van der Waals surface area contributed by atoms with Crippen LogP contribution in [0.2, 0.25) is 5.02 Å². The van der Waals surface area contributed by atoms with Gasteiger partial charge in [-0.3, -0.25) is 4.79 Å². The topological polar surface area (TPSA) is 22.0 Å². The third kappa shape index (κ3) is 2.21. The van der Waals surface area contributed by atoms with Crippen molar-refractivity contribution in [3.63, 3.8) is 0 Å². The van der Waals surface area contributed by atoms with Crippen LogP contribution in [-0.2, 0) is 6.54 Å². The summed E-state index contributed by atoms with van der Waals surface area (Å²) in [6, 6.07) is 11.9. The molecule has 100 valence electrons. The molecule has 0 spiro atoms. The highest BCUT2D eigenvalue weighted by atomic mass is 35.5. The normalized spacial score (nSPS) is 10.9. The summed E-state index contributed by atoms with van der Waals surface area (Å²) in [4.78, 5) is 11.1. The maximum atomic E-state index is 13.8. The van der Waals surface area contributed by atoms with Gasteiger partial charge in [0, 0.05) is 27.7 Å². The number of fused-ring (bicyclic) bond motifs is 1. The average molecular weight is 288 g/mol. The lowest BCUT2D eigenvalue weighted by Crippen LogP contribution is -2.02. The van der Waals surface area contributed by atoms with Crippen molar-refractivity contribution >= 4 is 28.8 Å². The maximum absolute atomic E-state index is 13.8. The van der Waals surface area contributed by atoms with Crippen LogP contribution in [-0.4, -0.2) is 10.9 Å². The molecular formula is C16H11ClFNO. The van der Waals surface area contributed by atoms with Crippen molar-refractivity contribution in [2.45, 2.75) is 6.54 Å². The minimum Gasteiger partial charge on any atom is -0.342 e. The minimum atomic E-state index is -0.306. The van der Waals surface area contributed by atoms with E-state index in [0.717, 1.165) is 17.2 Å². The zero-order chi connectivity index (χ0) is 14.1. The number of nitrogens with zero attached hydrogens (tertiary/aromatic N) is 1. The monoisotopic (exact) mass is 287 g/mol. The number of halogens is 2. The first-order chi connectivity index (χ1) is 9.69. The van der Waals surface area contributed by atoms with Gasteiger partial charge in [-0.15, -0.1) is 0 Å². The van der Waals surface area contributed by atoms with Crippen LogP contribution < -0.4 is 0 Å². The summed E-state index contributed by atoms with van der Waals surface area (Å²) in [5, 5.41) is 1.45. The smallest absolute Gasteiger partial charge is 0.152 e. The summed E-state index contributed by atoms with van der Waals surface area (Å²) >= 11 is 5.90. The Morgan fingerprint density at radius 2 is 2.05 bits per heavy atom. The highest BCUT2D eigenvalue weighted by Crippen LogP contribution is 2.22. The molecular weight excluding hydrogens is 277 g/mol. The molecule has 3 rings (SSSR count). The van der Waals surface area contributed by atoms with E-state index in [1.807, 2.05) is 29.0 Å². The maximum Gasteiger partial charge on any atom is 0.152 e. The summed E-state index contributed by atoms with van der Waals surface area (Å²) in [5.41, 5.74) is 1.90. The molecule has 0 N–H and O–H groups in total. The summed E-state index contributed by atoms with van der Waals surface area (Å²) < 4.78 is 15.7. The predicted molar refractivity (Wildman–Crippen MR) is 77.8 cm³/mol. The van der Waals surface area contributed by atoms with Gasteiger partial charge in [-0.25, -0.2) is 4.39 Å². The van der Waals surface area contributed by atoms with Crippen molar-refractivity contribution < 1.29 is 9.18 Å². The Kier molecular flexibility index (Phi) is 3.28. The lowest BCUT2D eigenvalue weighted by atomic mass is 10.1. The molecule has 0 aliphatic heterocycles. The van der Waals surface area contributed by atoms with Crippen molar-refractivity contribution in [1.82, 2.24) is 4.57 Å². The average Bonchev–Trinajstić information content (AvgIpc) is 2.86. The molecule has 1 aromatic heterocycles. The summed E-state index contributed by atoms with van der Waals surface area (Å²) in [6.45, 7) is 0.334. The summed E-state index contributed by atoms with van der Waals surface area (Å²) in [5.74, 6) is -0.306. The van der Waals surface area contributed by atoms with E-state index in [1.165, 1.54) is 12.1 Å². The Morgan fingerprint density at radius 3 is 2.85 bits per heavy atom. The largest absolute Gasteiger partial charge is 0.342 e. The van der Waals surface area contributed by atoms with E-state index in [-0.39, 0.29) is 5.82 Å². The fraction of sp³-hybridized carbons (Fsp3) is 0.0625. The van der Waals surface area contributed by atoms with Crippen molar-refractivity contribution in [1.29, 1.82) is 0 Å². The SMILES string of the molecule is O=Cc1cccc2ccn(Cc3cc(Cl)ccc3F)c12. The van der Waals surface area contributed by atoms with E-state index in [2.05, 4.69) is 0 Å². The molecule has 0 aliphatic rings. The number of hydrogen-bond donors (Lipinski definition) is 0. The second kappa shape index (κ2) is 5.10. The van der Waals surface area contributed by atoms with Crippen LogP contribution >= 0.6 is 11.6 Å². The molecule has 20 heavy (non-hydrogen) atoms. The van der Waals surface area contributed by atoms with Crippen molar-refractivity contribution in [3.05, 3.63) is 70.6 Å². The Bertz CT molecular complexity index is 794. The second-order valence-electron chi connectivity index (χ2n) is 4.58. The Balaban J connectivity index is 2.11. The van der Waals surface area contributed by atoms with E-state index < -0.39 is 0 Å². The number of aldehydes is 1. The van der Waals surface area contributed by atoms with Gasteiger partial charge in [0.15, 0.2) is 6.29 Å². The molecule has 0 saturated heterocycles. The van der Waals surface area contributed by atoms with Gasteiger partial charge in [0.05, 0.1) is 12.1 Å². The molecule has 0 bridgehead atoms. The quantitative estimate of drug-likeness (QED) is 0.659. The molecule has 4 heteroatoms. The third-order valence-corrected chi connectivity index (χ3v) is 3.53. The number of rotatable bonds is 3. The van der Waals surface area contributed by atoms with E-state index in [0.29, 0.717) is 22.7 Å². The molecule has 0 saturated carbocycles. The standard InChI is InChI=1S/C16H11ClFNO/c17-14-4-5-15(18)13(8-14)9-19-7-6-11-2-1-3-12(10-20)16(11)19/h1-8,10H,9H2. The number of carbonyl (C=O) groups is 1. The fourth-order valence-electron chi connectivity index (χ4n) is 2.37. The molecule has 0 radical (unpaired) electrons. The van der Waals surface area contributed by atoms with Crippen LogP contribution in [0.25, 0.3) is 10.9 Å². The van der Waals surface area contributed by atoms with Crippen LogP contribution in [0.3, 0.4) is 0 Å². The molecule has 0 atom stereocenters. The summed E-state index contributed by atoms with van der Waals surface area (Å²) in [7, 11) is 0. The number of para-hydroxylation sites is 1. The van der Waals surface area contributed by atoms with E-state index >= 15 is 0 Å². The first-order valence-electron chi connectivity index (χ1n) is 6.16. The highest BCUT2D eigenvalue weighted by molar-refractivity contribution is 6.30. The second-order valence-corrected chi connectivity index (χ2v) is 5.02.